The molecule has 0 saturated heterocycles. The Morgan fingerprint density at radius 3 is 2.55 bits per heavy atom. The van der Waals surface area contributed by atoms with E-state index in [0.29, 0.717) is 5.92 Å². The summed E-state index contributed by atoms with van der Waals surface area (Å²) in [5.41, 5.74) is 1.40. The first-order chi connectivity index (χ1) is 15.4. The number of halogens is 3. The van der Waals surface area contributed by atoms with Gasteiger partial charge in [-0.2, -0.15) is 18.3 Å². The van der Waals surface area contributed by atoms with E-state index in [0.717, 1.165) is 49.2 Å². The van der Waals surface area contributed by atoms with Gasteiger partial charge in [-0.1, -0.05) is 12.8 Å². The van der Waals surface area contributed by atoms with Crippen molar-refractivity contribution in [3.63, 3.8) is 0 Å². The van der Waals surface area contributed by atoms with Gasteiger partial charge in [0.2, 0.25) is 0 Å². The van der Waals surface area contributed by atoms with Crippen LogP contribution in [0.1, 0.15) is 54.2 Å². The highest BCUT2D eigenvalue weighted by atomic mass is 32.2. The maximum absolute atomic E-state index is 13.2. The number of fused-ring (bicyclic) bond motifs is 1. The molecule has 7 nitrogen and oxygen atoms in total. The zero-order valence-electron chi connectivity index (χ0n) is 18.4. The predicted octanol–water partition coefficient (Wildman–Crippen LogP) is 3.96. The Morgan fingerprint density at radius 1 is 1.24 bits per heavy atom. The summed E-state index contributed by atoms with van der Waals surface area (Å²) in [6, 6.07) is 3.31. The molecule has 0 radical (unpaired) electrons. The van der Waals surface area contributed by atoms with Gasteiger partial charge in [0.15, 0.2) is 15.9 Å². The molecule has 33 heavy (non-hydrogen) atoms. The lowest BCUT2D eigenvalue weighted by atomic mass is 10.1. The number of rotatable bonds is 6. The first-order valence-electron chi connectivity index (χ1n) is 10.8. The summed E-state index contributed by atoms with van der Waals surface area (Å²) >= 11 is 0. The standard InChI is InChI=1S/C22H26F3N3O4S/c1-14(22(23,24)25)32-20-8-7-17(33(2,30)31)9-18(20)21(29)27-11-16-12-28(26-19(16)13-27)10-15-5-3-4-6-15/h7-9,12,14-15H,3-6,10-11,13H2,1-2H3. The van der Waals surface area contributed by atoms with E-state index in [1.807, 2.05) is 10.9 Å². The Kier molecular flexibility index (Phi) is 6.19. The van der Waals surface area contributed by atoms with E-state index in [9.17, 15) is 26.4 Å². The van der Waals surface area contributed by atoms with Gasteiger partial charge in [-0.25, -0.2) is 8.42 Å². The Hall–Kier alpha value is -2.56. The van der Waals surface area contributed by atoms with Crippen molar-refractivity contribution in [1.29, 1.82) is 0 Å². The molecular formula is C22H26F3N3O4S. The molecule has 1 aromatic heterocycles. The van der Waals surface area contributed by atoms with Crippen LogP contribution >= 0.6 is 0 Å². The van der Waals surface area contributed by atoms with E-state index >= 15 is 0 Å². The number of benzene rings is 1. The maximum Gasteiger partial charge on any atom is 0.425 e. The van der Waals surface area contributed by atoms with Gasteiger partial charge in [0.25, 0.3) is 5.91 Å². The zero-order valence-corrected chi connectivity index (χ0v) is 19.2. The molecule has 1 unspecified atom stereocenters. The number of alkyl halides is 3. The minimum absolute atomic E-state index is 0.170. The van der Waals surface area contributed by atoms with Crippen LogP contribution in [0, 0.1) is 5.92 Å². The molecule has 1 fully saturated rings. The largest absolute Gasteiger partial charge is 0.480 e. The average Bonchev–Trinajstić information content (AvgIpc) is 3.43. The topological polar surface area (TPSA) is 81.5 Å². The van der Waals surface area contributed by atoms with E-state index in [1.165, 1.54) is 30.6 Å². The van der Waals surface area contributed by atoms with Gasteiger partial charge >= 0.3 is 6.18 Å². The highest BCUT2D eigenvalue weighted by Gasteiger charge is 2.39. The SMILES string of the molecule is CC(Oc1ccc(S(C)(=O)=O)cc1C(=O)N1Cc2cn(CC3CCCC3)nc2C1)C(F)(F)F. The summed E-state index contributed by atoms with van der Waals surface area (Å²) in [6.45, 7) is 2.11. The van der Waals surface area contributed by atoms with Crippen LogP contribution in [-0.4, -0.2) is 47.5 Å². The normalized spacial score (nSPS) is 17.9. The van der Waals surface area contributed by atoms with Gasteiger partial charge in [0.05, 0.1) is 22.7 Å². The van der Waals surface area contributed by atoms with E-state index in [4.69, 9.17) is 4.74 Å². The molecule has 1 aliphatic heterocycles. The average molecular weight is 486 g/mol. The number of carbonyl (C=O) groups is 1. The van der Waals surface area contributed by atoms with Crippen LogP contribution in [0.15, 0.2) is 29.3 Å². The summed E-state index contributed by atoms with van der Waals surface area (Å²) in [5, 5.41) is 4.59. The minimum Gasteiger partial charge on any atom is -0.480 e. The second-order valence-electron chi connectivity index (χ2n) is 8.87. The molecule has 4 rings (SSSR count). The van der Waals surface area contributed by atoms with Crippen molar-refractivity contribution in [2.45, 2.75) is 69.4 Å². The highest BCUT2D eigenvalue weighted by Crippen LogP contribution is 2.32. The number of hydrogen-bond acceptors (Lipinski definition) is 5. The number of aromatic nitrogens is 2. The fourth-order valence-electron chi connectivity index (χ4n) is 4.34. The Labute approximate surface area is 190 Å². The van der Waals surface area contributed by atoms with Gasteiger partial charge < -0.3 is 9.64 Å². The molecule has 2 aromatic rings. The third-order valence-electron chi connectivity index (χ3n) is 6.21. The number of carbonyl (C=O) groups excluding carboxylic acids is 1. The first kappa shape index (κ1) is 23.6. The van der Waals surface area contributed by atoms with Crippen LogP contribution in [0.4, 0.5) is 13.2 Å². The van der Waals surface area contributed by atoms with Crippen molar-refractivity contribution < 1.29 is 31.1 Å². The number of hydrogen-bond donors (Lipinski definition) is 0. The van der Waals surface area contributed by atoms with Crippen molar-refractivity contribution in [2.75, 3.05) is 6.26 Å². The first-order valence-corrected chi connectivity index (χ1v) is 12.7. The lowest BCUT2D eigenvalue weighted by Gasteiger charge is -2.22. The van der Waals surface area contributed by atoms with Gasteiger partial charge in [-0.3, -0.25) is 9.48 Å². The highest BCUT2D eigenvalue weighted by molar-refractivity contribution is 7.90. The molecule has 2 heterocycles. The Bertz CT molecular complexity index is 1130. The van der Waals surface area contributed by atoms with Crippen LogP contribution in [-0.2, 0) is 29.5 Å². The van der Waals surface area contributed by atoms with Gasteiger partial charge in [-0.15, -0.1) is 0 Å². The lowest BCUT2D eigenvalue weighted by molar-refractivity contribution is -0.189. The number of sulfone groups is 1. The fourth-order valence-corrected chi connectivity index (χ4v) is 4.99. The van der Waals surface area contributed by atoms with Crippen molar-refractivity contribution in [3.8, 4) is 5.75 Å². The number of ether oxygens (including phenoxy) is 1. The molecule has 1 atom stereocenters. The zero-order chi connectivity index (χ0) is 24.0. The predicted molar refractivity (Wildman–Crippen MR) is 113 cm³/mol. The fraction of sp³-hybridized carbons (Fsp3) is 0.545. The van der Waals surface area contributed by atoms with E-state index < -0.39 is 28.0 Å². The quantitative estimate of drug-likeness (QED) is 0.619. The van der Waals surface area contributed by atoms with Crippen molar-refractivity contribution in [1.82, 2.24) is 14.7 Å². The van der Waals surface area contributed by atoms with Crippen LogP contribution in [0.3, 0.4) is 0 Å². The van der Waals surface area contributed by atoms with Gasteiger partial charge in [0, 0.05) is 31.1 Å². The molecule has 1 saturated carbocycles. The monoisotopic (exact) mass is 485 g/mol. The summed E-state index contributed by atoms with van der Waals surface area (Å²) in [7, 11) is -3.68. The molecule has 11 heteroatoms. The van der Waals surface area contributed by atoms with Crippen LogP contribution in [0.2, 0.25) is 0 Å². The van der Waals surface area contributed by atoms with Crippen molar-refractivity contribution >= 4 is 15.7 Å². The molecule has 180 valence electrons. The molecule has 0 spiro atoms. The molecule has 1 amide bonds. The molecule has 0 bridgehead atoms. The van der Waals surface area contributed by atoms with Crippen LogP contribution in [0.25, 0.3) is 0 Å². The van der Waals surface area contributed by atoms with E-state index in [-0.39, 0.29) is 29.3 Å². The lowest BCUT2D eigenvalue weighted by Crippen LogP contribution is -2.33. The smallest absolute Gasteiger partial charge is 0.425 e. The third kappa shape index (κ3) is 5.18. The maximum atomic E-state index is 13.2. The van der Waals surface area contributed by atoms with Crippen molar-refractivity contribution in [3.05, 3.63) is 41.2 Å². The Morgan fingerprint density at radius 2 is 1.94 bits per heavy atom. The number of nitrogens with zero attached hydrogens (tertiary/aromatic N) is 3. The van der Waals surface area contributed by atoms with Gasteiger partial charge in [-0.05, 0) is 43.9 Å². The Balaban J connectivity index is 1.56. The second kappa shape index (κ2) is 8.66. The summed E-state index contributed by atoms with van der Waals surface area (Å²) in [5.74, 6) is -0.310. The minimum atomic E-state index is -4.64. The summed E-state index contributed by atoms with van der Waals surface area (Å²) in [4.78, 5) is 14.5. The molecule has 2 aliphatic rings. The van der Waals surface area contributed by atoms with Crippen LogP contribution < -0.4 is 4.74 Å². The molecule has 0 N–H and O–H groups in total. The molecular weight excluding hydrogens is 459 g/mol. The summed E-state index contributed by atoms with van der Waals surface area (Å²) < 4.78 is 70.0. The second-order valence-corrected chi connectivity index (χ2v) is 10.9. The van der Waals surface area contributed by atoms with Crippen molar-refractivity contribution in [2.24, 2.45) is 5.92 Å². The molecule has 1 aliphatic carbocycles. The van der Waals surface area contributed by atoms with E-state index in [2.05, 4.69) is 5.10 Å². The number of amides is 1. The van der Waals surface area contributed by atoms with E-state index in [1.54, 1.807) is 0 Å². The molecule has 1 aromatic carbocycles. The summed E-state index contributed by atoms with van der Waals surface area (Å²) in [6.07, 6.45) is 0.918. The van der Waals surface area contributed by atoms with Gasteiger partial charge in [0.1, 0.15) is 5.75 Å². The van der Waals surface area contributed by atoms with Crippen LogP contribution in [0.5, 0.6) is 5.75 Å². The third-order valence-corrected chi connectivity index (χ3v) is 7.32.